The summed E-state index contributed by atoms with van der Waals surface area (Å²) < 4.78 is 77.1. The predicted octanol–water partition coefficient (Wildman–Crippen LogP) is 4.01. The second-order valence-electron chi connectivity index (χ2n) is 6.95. The summed E-state index contributed by atoms with van der Waals surface area (Å²) in [6.45, 7) is 0. The van der Waals surface area contributed by atoms with Crippen LogP contribution in [0.25, 0.3) is 0 Å². The van der Waals surface area contributed by atoms with Crippen molar-refractivity contribution in [1.29, 1.82) is 0 Å². The first kappa shape index (κ1) is 17.4. The van der Waals surface area contributed by atoms with Gasteiger partial charge >= 0.3 is 12.4 Å². The minimum atomic E-state index is -5.39. The summed E-state index contributed by atoms with van der Waals surface area (Å²) in [5.41, 5.74) is -3.61. The van der Waals surface area contributed by atoms with Crippen molar-refractivity contribution in [3.8, 4) is 0 Å². The minimum Gasteiger partial charge on any atom is -0.380 e. The van der Waals surface area contributed by atoms with Gasteiger partial charge < -0.3 is 5.11 Å². The van der Waals surface area contributed by atoms with Gasteiger partial charge in [-0.15, -0.1) is 11.8 Å². The third-order valence-electron chi connectivity index (χ3n) is 5.51. The van der Waals surface area contributed by atoms with Gasteiger partial charge in [-0.05, 0) is 25.7 Å². The first-order valence-electron chi connectivity index (χ1n) is 7.46. The van der Waals surface area contributed by atoms with Crippen LogP contribution in [0.5, 0.6) is 0 Å². The number of aliphatic hydroxyl groups is 1. The van der Waals surface area contributed by atoms with Crippen LogP contribution in [0.3, 0.4) is 0 Å². The average molecular weight is 362 g/mol. The molecule has 2 nitrogen and oxygen atoms in total. The standard InChI is InChI=1S/C14H16F6O2S/c15-13(16,17)9(21)8-11(5-2-6-11)23-10(3-1-4-10)7-12(8,22)14(18,19)20/h8,22H,1-7H2/t8-,12+/m0/s1. The number of carbonyl (C=O) groups is 1. The van der Waals surface area contributed by atoms with E-state index < -0.39 is 45.6 Å². The molecule has 0 amide bonds. The van der Waals surface area contributed by atoms with E-state index in [2.05, 4.69) is 0 Å². The summed E-state index contributed by atoms with van der Waals surface area (Å²) in [7, 11) is 0. The third-order valence-corrected chi connectivity index (χ3v) is 7.55. The van der Waals surface area contributed by atoms with Crippen LogP contribution in [0.1, 0.15) is 44.9 Å². The Morgan fingerprint density at radius 2 is 1.52 bits per heavy atom. The van der Waals surface area contributed by atoms with Crippen LogP contribution in [-0.4, -0.2) is 38.3 Å². The Labute approximate surface area is 133 Å². The quantitative estimate of drug-likeness (QED) is 0.716. The number of thioether (sulfide) groups is 1. The second-order valence-corrected chi connectivity index (χ2v) is 8.83. The van der Waals surface area contributed by atoms with Gasteiger partial charge in [0.15, 0.2) is 5.60 Å². The molecule has 0 radical (unpaired) electrons. The van der Waals surface area contributed by atoms with Crippen LogP contribution < -0.4 is 0 Å². The van der Waals surface area contributed by atoms with Crippen LogP contribution in [-0.2, 0) is 4.79 Å². The number of carbonyl (C=O) groups excluding carboxylic acids is 1. The van der Waals surface area contributed by atoms with Gasteiger partial charge in [-0.25, -0.2) is 0 Å². The molecule has 0 aromatic carbocycles. The molecule has 3 aliphatic rings. The molecule has 0 aromatic heterocycles. The Kier molecular flexibility index (Phi) is 3.63. The summed E-state index contributed by atoms with van der Waals surface area (Å²) in [4.78, 5) is 11.8. The fourth-order valence-electron chi connectivity index (χ4n) is 4.20. The molecule has 2 spiro atoms. The maximum absolute atomic E-state index is 13.6. The van der Waals surface area contributed by atoms with Crippen molar-refractivity contribution in [2.24, 2.45) is 5.92 Å². The highest BCUT2D eigenvalue weighted by atomic mass is 32.2. The van der Waals surface area contributed by atoms with Crippen molar-refractivity contribution in [1.82, 2.24) is 0 Å². The summed E-state index contributed by atoms with van der Waals surface area (Å²) in [6.07, 6.45) is -9.26. The maximum Gasteiger partial charge on any atom is 0.450 e. The van der Waals surface area contributed by atoms with Crippen LogP contribution in [0, 0.1) is 5.92 Å². The number of halogens is 6. The topological polar surface area (TPSA) is 37.3 Å². The smallest absolute Gasteiger partial charge is 0.380 e. The Balaban J connectivity index is 2.09. The van der Waals surface area contributed by atoms with Gasteiger partial charge in [0, 0.05) is 15.9 Å². The molecule has 3 fully saturated rings. The van der Waals surface area contributed by atoms with Gasteiger partial charge in [0.2, 0.25) is 5.78 Å². The van der Waals surface area contributed by atoms with Crippen LogP contribution in [0.4, 0.5) is 26.3 Å². The van der Waals surface area contributed by atoms with Gasteiger partial charge in [-0.1, -0.05) is 12.8 Å². The minimum absolute atomic E-state index is 0.101. The zero-order valence-electron chi connectivity index (χ0n) is 12.1. The van der Waals surface area contributed by atoms with Gasteiger partial charge in [0.1, 0.15) is 0 Å². The molecule has 1 heterocycles. The molecule has 132 valence electrons. The van der Waals surface area contributed by atoms with E-state index in [9.17, 15) is 36.2 Å². The molecular weight excluding hydrogens is 346 g/mol. The average Bonchev–Trinajstić information content (AvgIpc) is 2.30. The van der Waals surface area contributed by atoms with Crippen molar-refractivity contribution in [3.63, 3.8) is 0 Å². The van der Waals surface area contributed by atoms with E-state index in [1.165, 1.54) is 0 Å². The number of Topliss-reactive ketones (excluding diaryl/α,β-unsaturated/α-hetero) is 1. The molecule has 2 aliphatic carbocycles. The molecule has 2 saturated carbocycles. The normalized spacial score (nSPS) is 35.7. The Morgan fingerprint density at radius 1 is 1.00 bits per heavy atom. The Hall–Kier alpha value is -0.440. The second kappa shape index (κ2) is 4.80. The van der Waals surface area contributed by atoms with Crippen molar-refractivity contribution in [3.05, 3.63) is 0 Å². The maximum atomic E-state index is 13.6. The van der Waals surface area contributed by atoms with Gasteiger partial charge in [-0.3, -0.25) is 4.79 Å². The van der Waals surface area contributed by atoms with Crippen LogP contribution in [0.15, 0.2) is 0 Å². The first-order chi connectivity index (χ1) is 10.4. The monoisotopic (exact) mass is 362 g/mol. The largest absolute Gasteiger partial charge is 0.450 e. The van der Waals surface area contributed by atoms with E-state index >= 15 is 0 Å². The molecule has 0 aromatic rings. The molecule has 23 heavy (non-hydrogen) atoms. The van der Waals surface area contributed by atoms with E-state index in [1.54, 1.807) is 0 Å². The molecule has 1 saturated heterocycles. The highest BCUT2D eigenvalue weighted by molar-refractivity contribution is 8.02. The lowest BCUT2D eigenvalue weighted by atomic mass is 9.60. The summed E-state index contributed by atoms with van der Waals surface area (Å²) in [5, 5.41) is 10.3. The number of hydrogen-bond donors (Lipinski definition) is 1. The lowest BCUT2D eigenvalue weighted by Crippen LogP contribution is -2.71. The van der Waals surface area contributed by atoms with Gasteiger partial charge in [0.05, 0.1) is 5.92 Å². The summed E-state index contributed by atoms with van der Waals surface area (Å²) in [5.74, 6) is -4.92. The summed E-state index contributed by atoms with van der Waals surface area (Å²) >= 11 is 1.10. The summed E-state index contributed by atoms with van der Waals surface area (Å²) in [6, 6.07) is 0. The van der Waals surface area contributed by atoms with E-state index in [0.29, 0.717) is 25.7 Å². The number of rotatable bonds is 1. The first-order valence-corrected chi connectivity index (χ1v) is 8.27. The van der Waals surface area contributed by atoms with Gasteiger partial charge in [0.25, 0.3) is 0 Å². The van der Waals surface area contributed by atoms with E-state index in [1.807, 2.05) is 0 Å². The number of hydrogen-bond acceptors (Lipinski definition) is 3. The van der Waals surface area contributed by atoms with Gasteiger partial charge in [-0.2, -0.15) is 26.3 Å². The molecule has 0 unspecified atom stereocenters. The van der Waals surface area contributed by atoms with Crippen LogP contribution >= 0.6 is 11.8 Å². The van der Waals surface area contributed by atoms with E-state index in [4.69, 9.17) is 0 Å². The zero-order chi connectivity index (χ0) is 17.3. The van der Waals surface area contributed by atoms with E-state index in [-0.39, 0.29) is 12.8 Å². The van der Waals surface area contributed by atoms with Crippen molar-refractivity contribution < 1.29 is 36.2 Å². The fraction of sp³-hybridized carbons (Fsp3) is 0.929. The highest BCUT2D eigenvalue weighted by Gasteiger charge is 2.76. The molecule has 1 aliphatic heterocycles. The molecular formula is C14H16F6O2S. The zero-order valence-corrected chi connectivity index (χ0v) is 12.9. The van der Waals surface area contributed by atoms with E-state index in [0.717, 1.165) is 11.8 Å². The van der Waals surface area contributed by atoms with Crippen molar-refractivity contribution >= 4 is 17.5 Å². The molecule has 3 rings (SSSR count). The Morgan fingerprint density at radius 3 is 1.83 bits per heavy atom. The predicted molar refractivity (Wildman–Crippen MR) is 70.9 cm³/mol. The van der Waals surface area contributed by atoms with Crippen molar-refractivity contribution in [2.45, 2.75) is 72.4 Å². The number of ketones is 1. The lowest BCUT2D eigenvalue weighted by Gasteiger charge is -2.63. The molecule has 2 atom stereocenters. The number of alkyl halides is 6. The van der Waals surface area contributed by atoms with Crippen LogP contribution in [0.2, 0.25) is 0 Å². The third kappa shape index (κ3) is 2.41. The molecule has 0 bridgehead atoms. The molecule has 1 N–H and O–H groups in total. The lowest BCUT2D eigenvalue weighted by molar-refractivity contribution is -0.294. The molecule has 9 heteroatoms. The SMILES string of the molecule is O=C([C@H]1C2(CCC2)SC2(CCC2)C[C@]1(O)C(F)(F)F)C(F)(F)F. The van der Waals surface area contributed by atoms with Crippen molar-refractivity contribution in [2.75, 3.05) is 0 Å². The fourth-order valence-corrected chi connectivity index (χ4v) is 6.76. The Bertz CT molecular complexity index is 520. The highest BCUT2D eigenvalue weighted by Crippen LogP contribution is 2.70.